The van der Waals surface area contributed by atoms with Crippen LogP contribution in [0.2, 0.25) is 5.02 Å². The first kappa shape index (κ1) is 15.9. The fourth-order valence-electron chi connectivity index (χ4n) is 1.71. The number of hydrogen-bond donors (Lipinski definition) is 3. The molecule has 6 nitrogen and oxygen atoms in total. The number of rotatable bonds is 4. The number of aromatic amines is 1. The minimum atomic E-state index is -0.774. The van der Waals surface area contributed by atoms with E-state index in [-0.39, 0.29) is 0 Å². The maximum absolute atomic E-state index is 11.9. The number of amides is 2. The summed E-state index contributed by atoms with van der Waals surface area (Å²) in [5.74, 6) is -0.374. The van der Waals surface area contributed by atoms with Crippen molar-refractivity contribution in [2.24, 2.45) is 0 Å². The van der Waals surface area contributed by atoms with Crippen molar-refractivity contribution < 1.29 is 14.3 Å². The molecule has 0 fully saturated rings. The maximum Gasteiger partial charge on any atom is 0.286 e. The van der Waals surface area contributed by atoms with E-state index in [1.807, 2.05) is 6.92 Å². The number of aromatic nitrogens is 1. The Morgan fingerprint density at radius 2 is 2.05 bits per heavy atom. The molecule has 0 spiro atoms. The monoisotopic (exact) mass is 321 g/mol. The molecular formula is C15H16ClN3O3. The van der Waals surface area contributed by atoms with Gasteiger partial charge < -0.3 is 9.72 Å². The van der Waals surface area contributed by atoms with Crippen LogP contribution in [-0.2, 0) is 4.79 Å². The van der Waals surface area contributed by atoms with E-state index in [9.17, 15) is 9.59 Å². The van der Waals surface area contributed by atoms with Gasteiger partial charge in [-0.15, -0.1) is 0 Å². The van der Waals surface area contributed by atoms with Crippen LogP contribution in [0.3, 0.4) is 0 Å². The van der Waals surface area contributed by atoms with Gasteiger partial charge in [-0.05, 0) is 49.7 Å². The van der Waals surface area contributed by atoms with Gasteiger partial charge >= 0.3 is 0 Å². The topological polar surface area (TPSA) is 83.2 Å². The van der Waals surface area contributed by atoms with Gasteiger partial charge in [0.2, 0.25) is 0 Å². The van der Waals surface area contributed by atoms with Crippen LogP contribution in [0.5, 0.6) is 5.75 Å². The van der Waals surface area contributed by atoms with Crippen LogP contribution in [0.25, 0.3) is 0 Å². The molecule has 116 valence electrons. The van der Waals surface area contributed by atoms with Gasteiger partial charge in [-0.25, -0.2) is 0 Å². The quantitative estimate of drug-likeness (QED) is 0.755. The second-order valence-corrected chi connectivity index (χ2v) is 5.11. The van der Waals surface area contributed by atoms with Gasteiger partial charge in [-0.2, -0.15) is 0 Å². The first-order valence-electron chi connectivity index (χ1n) is 6.64. The molecule has 0 bridgehead atoms. The molecule has 1 aromatic heterocycles. The van der Waals surface area contributed by atoms with Gasteiger partial charge in [0.05, 0.1) is 0 Å². The minimum Gasteiger partial charge on any atom is -0.481 e. The predicted octanol–water partition coefficient (Wildman–Crippen LogP) is 2.21. The van der Waals surface area contributed by atoms with Gasteiger partial charge in [0.1, 0.15) is 11.4 Å². The normalized spacial score (nSPS) is 11.6. The Labute approximate surface area is 132 Å². The Bertz CT molecular complexity index is 671. The fraction of sp³-hybridized carbons (Fsp3) is 0.200. The molecule has 3 N–H and O–H groups in total. The van der Waals surface area contributed by atoms with E-state index in [1.165, 1.54) is 0 Å². The SMILES string of the molecule is Cc1cc(OC(C)C(=O)NNC(=O)c2ccc[nH]2)ccc1Cl. The third kappa shape index (κ3) is 4.02. The zero-order valence-corrected chi connectivity index (χ0v) is 12.9. The number of hydrogen-bond acceptors (Lipinski definition) is 3. The summed E-state index contributed by atoms with van der Waals surface area (Å²) in [4.78, 5) is 26.3. The van der Waals surface area contributed by atoms with Crippen molar-refractivity contribution in [3.8, 4) is 5.75 Å². The number of hydrazine groups is 1. The number of carbonyl (C=O) groups excluding carboxylic acids is 2. The summed E-state index contributed by atoms with van der Waals surface area (Å²) in [5.41, 5.74) is 5.81. The second kappa shape index (κ2) is 7.00. The molecular weight excluding hydrogens is 306 g/mol. The van der Waals surface area contributed by atoms with Crippen LogP contribution in [0.1, 0.15) is 23.0 Å². The van der Waals surface area contributed by atoms with E-state index in [4.69, 9.17) is 16.3 Å². The van der Waals surface area contributed by atoms with E-state index in [2.05, 4.69) is 15.8 Å². The van der Waals surface area contributed by atoms with Crippen LogP contribution >= 0.6 is 11.6 Å². The first-order chi connectivity index (χ1) is 10.5. The predicted molar refractivity (Wildman–Crippen MR) is 82.7 cm³/mol. The second-order valence-electron chi connectivity index (χ2n) is 4.70. The van der Waals surface area contributed by atoms with Crippen molar-refractivity contribution >= 4 is 23.4 Å². The summed E-state index contributed by atoms with van der Waals surface area (Å²) in [7, 11) is 0. The number of carbonyl (C=O) groups is 2. The summed E-state index contributed by atoms with van der Waals surface area (Å²) in [6.45, 7) is 3.43. The molecule has 1 heterocycles. The van der Waals surface area contributed by atoms with E-state index < -0.39 is 17.9 Å². The highest BCUT2D eigenvalue weighted by molar-refractivity contribution is 6.31. The molecule has 2 amide bonds. The highest BCUT2D eigenvalue weighted by Gasteiger charge is 2.16. The molecule has 2 rings (SSSR count). The van der Waals surface area contributed by atoms with Gasteiger partial charge in [0.25, 0.3) is 11.8 Å². The summed E-state index contributed by atoms with van der Waals surface area (Å²) >= 11 is 5.93. The van der Waals surface area contributed by atoms with Crippen LogP contribution < -0.4 is 15.6 Å². The molecule has 1 atom stereocenters. The van der Waals surface area contributed by atoms with Crippen LogP contribution in [-0.4, -0.2) is 22.9 Å². The highest BCUT2D eigenvalue weighted by atomic mass is 35.5. The molecule has 0 radical (unpaired) electrons. The van der Waals surface area contributed by atoms with Gasteiger partial charge in [0, 0.05) is 11.2 Å². The number of benzene rings is 1. The zero-order chi connectivity index (χ0) is 16.1. The Balaban J connectivity index is 1.86. The minimum absolute atomic E-state index is 0.349. The van der Waals surface area contributed by atoms with Gasteiger partial charge in [0.15, 0.2) is 6.10 Å². The Morgan fingerprint density at radius 1 is 1.27 bits per heavy atom. The number of halogens is 1. The van der Waals surface area contributed by atoms with Crippen LogP contribution in [0.4, 0.5) is 0 Å². The summed E-state index contributed by atoms with van der Waals surface area (Å²) in [6.07, 6.45) is 0.843. The Hall–Kier alpha value is -2.47. The van der Waals surface area contributed by atoms with Crippen molar-refractivity contribution in [1.82, 2.24) is 15.8 Å². The number of aryl methyl sites for hydroxylation is 1. The lowest BCUT2D eigenvalue weighted by atomic mass is 10.2. The summed E-state index contributed by atoms with van der Waals surface area (Å²) < 4.78 is 5.51. The van der Waals surface area contributed by atoms with Crippen molar-refractivity contribution in [3.63, 3.8) is 0 Å². The molecule has 0 saturated carbocycles. The van der Waals surface area contributed by atoms with Gasteiger partial charge in [-0.1, -0.05) is 11.6 Å². The largest absolute Gasteiger partial charge is 0.481 e. The van der Waals surface area contributed by atoms with Crippen LogP contribution in [0, 0.1) is 6.92 Å². The summed E-state index contributed by atoms with van der Waals surface area (Å²) in [6, 6.07) is 8.40. The van der Waals surface area contributed by atoms with E-state index in [1.54, 1.807) is 43.5 Å². The molecule has 0 aliphatic rings. The van der Waals surface area contributed by atoms with E-state index >= 15 is 0 Å². The molecule has 1 aromatic carbocycles. The van der Waals surface area contributed by atoms with Crippen molar-refractivity contribution in [2.75, 3.05) is 0 Å². The molecule has 0 aliphatic heterocycles. The molecule has 1 unspecified atom stereocenters. The third-order valence-electron chi connectivity index (χ3n) is 2.95. The first-order valence-corrected chi connectivity index (χ1v) is 7.01. The molecule has 0 saturated heterocycles. The van der Waals surface area contributed by atoms with Crippen molar-refractivity contribution in [2.45, 2.75) is 20.0 Å². The standard InChI is InChI=1S/C15H16ClN3O3/c1-9-8-11(5-6-12(9)16)22-10(2)14(20)18-19-15(21)13-4-3-7-17-13/h3-8,10,17H,1-2H3,(H,18,20)(H,19,21). The fourth-order valence-corrected chi connectivity index (χ4v) is 1.82. The lowest BCUT2D eigenvalue weighted by Crippen LogP contribution is -2.47. The Morgan fingerprint density at radius 3 is 2.68 bits per heavy atom. The van der Waals surface area contributed by atoms with Gasteiger partial charge in [-0.3, -0.25) is 20.4 Å². The lowest BCUT2D eigenvalue weighted by Gasteiger charge is -2.15. The van der Waals surface area contributed by atoms with E-state index in [0.29, 0.717) is 16.5 Å². The number of H-pyrrole nitrogens is 1. The highest BCUT2D eigenvalue weighted by Crippen LogP contribution is 2.21. The van der Waals surface area contributed by atoms with Crippen molar-refractivity contribution in [3.05, 3.63) is 52.8 Å². The lowest BCUT2D eigenvalue weighted by molar-refractivity contribution is -0.128. The number of nitrogens with one attached hydrogen (secondary N) is 3. The molecule has 0 aliphatic carbocycles. The van der Waals surface area contributed by atoms with Crippen LogP contribution in [0.15, 0.2) is 36.5 Å². The summed E-state index contributed by atoms with van der Waals surface area (Å²) in [5, 5.41) is 0.627. The third-order valence-corrected chi connectivity index (χ3v) is 3.38. The molecule has 2 aromatic rings. The number of ether oxygens (including phenoxy) is 1. The molecule has 7 heteroatoms. The zero-order valence-electron chi connectivity index (χ0n) is 12.1. The van der Waals surface area contributed by atoms with Crippen molar-refractivity contribution in [1.29, 1.82) is 0 Å². The molecule has 22 heavy (non-hydrogen) atoms. The Kier molecular flexibility index (Phi) is 5.06. The average molecular weight is 322 g/mol. The smallest absolute Gasteiger partial charge is 0.286 e. The van der Waals surface area contributed by atoms with E-state index in [0.717, 1.165) is 5.56 Å². The average Bonchev–Trinajstić information content (AvgIpc) is 3.02. The maximum atomic E-state index is 11.9.